The van der Waals surface area contributed by atoms with Gasteiger partial charge in [-0.25, -0.2) is 8.78 Å². The predicted octanol–water partition coefficient (Wildman–Crippen LogP) is 3.69. The van der Waals surface area contributed by atoms with Gasteiger partial charge in [0.15, 0.2) is 0 Å². The van der Waals surface area contributed by atoms with E-state index in [0.717, 1.165) is 18.1 Å². The van der Waals surface area contributed by atoms with E-state index in [4.69, 9.17) is 0 Å². The molecule has 0 aliphatic heterocycles. The lowest BCUT2D eigenvalue weighted by atomic mass is 9.99. The van der Waals surface area contributed by atoms with Gasteiger partial charge in [-0.2, -0.15) is 0 Å². The fraction of sp³-hybridized carbons (Fsp3) is 0.310. The van der Waals surface area contributed by atoms with Gasteiger partial charge in [-0.15, -0.1) is 0 Å². The van der Waals surface area contributed by atoms with E-state index in [1.807, 2.05) is 18.2 Å². The van der Waals surface area contributed by atoms with Gasteiger partial charge in [0.25, 0.3) is 11.8 Å². The van der Waals surface area contributed by atoms with Gasteiger partial charge in [0.05, 0.1) is 12.1 Å². The monoisotopic (exact) mass is 509 g/mol. The van der Waals surface area contributed by atoms with Crippen molar-refractivity contribution < 1.29 is 23.5 Å². The fourth-order valence-corrected chi connectivity index (χ4v) is 4.17. The minimum atomic E-state index is -1.06. The Hall–Kier alpha value is -3.62. The van der Waals surface area contributed by atoms with E-state index in [1.54, 1.807) is 19.1 Å². The summed E-state index contributed by atoms with van der Waals surface area (Å²) in [6, 6.07) is 15.1. The number of hydrogen-bond acceptors (Lipinski definition) is 4. The number of nitrogens with one attached hydrogen (secondary N) is 3. The summed E-state index contributed by atoms with van der Waals surface area (Å²) < 4.78 is 27.6. The van der Waals surface area contributed by atoms with E-state index >= 15 is 0 Å². The van der Waals surface area contributed by atoms with Gasteiger partial charge < -0.3 is 21.1 Å². The molecule has 37 heavy (non-hydrogen) atoms. The molecule has 0 saturated heterocycles. The Morgan fingerprint density at radius 2 is 1.54 bits per heavy atom. The average molecular weight is 510 g/mol. The first kappa shape index (κ1) is 28.0. The molecule has 8 heteroatoms. The van der Waals surface area contributed by atoms with Crippen molar-refractivity contribution in [1.82, 2.24) is 16.0 Å². The summed E-state index contributed by atoms with van der Waals surface area (Å²) >= 11 is 0. The Morgan fingerprint density at radius 3 is 2.19 bits per heavy atom. The second-order valence-electron chi connectivity index (χ2n) is 9.10. The van der Waals surface area contributed by atoms with E-state index in [0.29, 0.717) is 23.2 Å². The first-order valence-corrected chi connectivity index (χ1v) is 12.2. The van der Waals surface area contributed by atoms with E-state index in [-0.39, 0.29) is 24.4 Å². The van der Waals surface area contributed by atoms with E-state index in [1.165, 1.54) is 30.8 Å². The number of carbonyl (C=O) groups excluding carboxylic acids is 2. The van der Waals surface area contributed by atoms with Crippen LogP contribution in [0.1, 0.15) is 49.9 Å². The molecule has 0 heterocycles. The van der Waals surface area contributed by atoms with Gasteiger partial charge in [-0.05, 0) is 72.4 Å². The first-order chi connectivity index (χ1) is 17.7. The summed E-state index contributed by atoms with van der Waals surface area (Å²) in [5.74, 6) is -2.32. The maximum absolute atomic E-state index is 13.8. The molecule has 3 rings (SSSR count). The van der Waals surface area contributed by atoms with Gasteiger partial charge in [0.2, 0.25) is 0 Å². The van der Waals surface area contributed by atoms with Gasteiger partial charge in [-0.3, -0.25) is 9.59 Å². The summed E-state index contributed by atoms with van der Waals surface area (Å²) in [4.78, 5) is 25.2. The Morgan fingerprint density at radius 1 is 0.892 bits per heavy atom. The summed E-state index contributed by atoms with van der Waals surface area (Å²) in [6.07, 6.45) is -0.147. The highest BCUT2D eigenvalue weighted by molar-refractivity contribution is 6.00. The summed E-state index contributed by atoms with van der Waals surface area (Å²) in [7, 11) is 1.50. The van der Waals surface area contributed by atoms with Crippen LogP contribution in [0.4, 0.5) is 8.78 Å². The van der Waals surface area contributed by atoms with Crippen molar-refractivity contribution >= 4 is 11.8 Å². The highest BCUT2D eigenvalue weighted by Crippen LogP contribution is 2.15. The molecule has 4 N–H and O–H groups in total. The average Bonchev–Trinajstić information content (AvgIpc) is 2.86. The number of hydrogen-bond donors (Lipinski definition) is 4. The number of halogens is 2. The van der Waals surface area contributed by atoms with Crippen LogP contribution in [0.5, 0.6) is 0 Å². The molecule has 0 bridgehead atoms. The summed E-state index contributed by atoms with van der Waals surface area (Å²) in [5, 5.41) is 19.5. The number of benzene rings is 3. The number of rotatable bonds is 11. The first-order valence-electron chi connectivity index (χ1n) is 12.2. The molecule has 6 nitrogen and oxygen atoms in total. The van der Waals surface area contributed by atoms with Crippen molar-refractivity contribution in [2.75, 3.05) is 13.6 Å². The van der Waals surface area contributed by atoms with E-state index in [2.05, 4.69) is 28.9 Å². The third-order valence-corrected chi connectivity index (χ3v) is 6.07. The minimum absolute atomic E-state index is 0.00268. The highest BCUT2D eigenvalue weighted by Gasteiger charge is 2.23. The second-order valence-corrected chi connectivity index (χ2v) is 9.10. The van der Waals surface area contributed by atoms with Gasteiger partial charge in [0, 0.05) is 37.3 Å². The van der Waals surface area contributed by atoms with Crippen molar-refractivity contribution in [1.29, 1.82) is 0 Å². The van der Waals surface area contributed by atoms with Gasteiger partial charge >= 0.3 is 0 Å². The van der Waals surface area contributed by atoms with Crippen molar-refractivity contribution in [2.24, 2.45) is 0 Å². The standard InChI is InChI=1S/C29H33F2N3O3/c1-4-19-6-5-7-20(10-19)16-33-17-27(35)26(13-21-11-24(30)15-25(31)12-21)34-29(37)23-9-18(2)8-22(14-23)28(36)32-3/h5-12,14-15,26-27,33,35H,4,13,16-17H2,1-3H3,(H,32,36)(H,34,37)/t26-,27+/m0/s1. The van der Waals surface area contributed by atoms with Crippen molar-refractivity contribution in [3.63, 3.8) is 0 Å². The van der Waals surface area contributed by atoms with Crippen LogP contribution in [0.3, 0.4) is 0 Å². The number of aliphatic hydroxyl groups is 1. The molecule has 0 radical (unpaired) electrons. The predicted molar refractivity (Wildman–Crippen MR) is 139 cm³/mol. The maximum atomic E-state index is 13.8. The number of aliphatic hydroxyl groups excluding tert-OH is 1. The van der Waals surface area contributed by atoms with Crippen LogP contribution < -0.4 is 16.0 Å². The molecule has 3 aromatic rings. The quantitative estimate of drug-likeness (QED) is 0.317. The van der Waals surface area contributed by atoms with Crippen LogP contribution in [0.2, 0.25) is 0 Å². The molecule has 0 unspecified atom stereocenters. The van der Waals surface area contributed by atoms with Crippen LogP contribution in [-0.2, 0) is 19.4 Å². The number of amides is 2. The zero-order chi connectivity index (χ0) is 26.9. The Bertz CT molecular complexity index is 1230. The van der Waals surface area contributed by atoms with E-state index < -0.39 is 29.7 Å². The van der Waals surface area contributed by atoms with Crippen LogP contribution in [-0.4, -0.2) is 42.7 Å². The molecule has 0 aromatic heterocycles. The molecule has 2 amide bonds. The molecule has 0 saturated carbocycles. The fourth-order valence-electron chi connectivity index (χ4n) is 4.17. The topological polar surface area (TPSA) is 90.5 Å². The largest absolute Gasteiger partial charge is 0.390 e. The molecule has 196 valence electrons. The van der Waals surface area contributed by atoms with E-state index in [9.17, 15) is 23.5 Å². The Balaban J connectivity index is 1.77. The lowest BCUT2D eigenvalue weighted by molar-refractivity contribution is 0.0829. The lowest BCUT2D eigenvalue weighted by Crippen LogP contribution is -2.48. The highest BCUT2D eigenvalue weighted by atomic mass is 19.1. The molecular formula is C29H33F2N3O3. The van der Waals surface area contributed by atoms with Crippen LogP contribution >= 0.6 is 0 Å². The number of aryl methyl sites for hydroxylation is 2. The molecule has 0 fully saturated rings. The van der Waals surface area contributed by atoms with Gasteiger partial charge in [-0.1, -0.05) is 31.2 Å². The zero-order valence-electron chi connectivity index (χ0n) is 21.3. The SMILES string of the molecule is CCc1cccc(CNC[C@@H](O)[C@H](Cc2cc(F)cc(F)c2)NC(=O)c2cc(C)cc(C(=O)NC)c2)c1. The smallest absolute Gasteiger partial charge is 0.251 e. The molecule has 3 aromatic carbocycles. The minimum Gasteiger partial charge on any atom is -0.390 e. The molecule has 0 aliphatic rings. The number of carbonyl (C=O) groups is 2. The molecule has 2 atom stereocenters. The molecule has 0 spiro atoms. The van der Waals surface area contributed by atoms with Crippen molar-refractivity contribution in [3.05, 3.63) is 106 Å². The third-order valence-electron chi connectivity index (χ3n) is 6.07. The maximum Gasteiger partial charge on any atom is 0.251 e. The third kappa shape index (κ3) is 8.20. The van der Waals surface area contributed by atoms with Crippen LogP contribution in [0.25, 0.3) is 0 Å². The second kappa shape index (κ2) is 13.1. The summed E-state index contributed by atoms with van der Waals surface area (Å²) in [6.45, 7) is 4.48. The van der Waals surface area contributed by atoms with Crippen molar-refractivity contribution in [2.45, 2.75) is 45.4 Å². The van der Waals surface area contributed by atoms with Crippen LogP contribution in [0.15, 0.2) is 60.7 Å². The zero-order valence-corrected chi connectivity index (χ0v) is 21.3. The Kier molecular flexibility index (Phi) is 9.88. The molecule has 0 aliphatic carbocycles. The van der Waals surface area contributed by atoms with Crippen LogP contribution in [0, 0.1) is 18.6 Å². The lowest BCUT2D eigenvalue weighted by Gasteiger charge is -2.25. The van der Waals surface area contributed by atoms with Crippen molar-refractivity contribution in [3.8, 4) is 0 Å². The molecular weight excluding hydrogens is 476 g/mol. The Labute approximate surface area is 216 Å². The summed E-state index contributed by atoms with van der Waals surface area (Å²) in [5.41, 5.74) is 3.84. The normalized spacial score (nSPS) is 12.6. The van der Waals surface area contributed by atoms with Gasteiger partial charge in [0.1, 0.15) is 11.6 Å².